The Labute approximate surface area is 125 Å². The quantitative estimate of drug-likeness (QED) is 0.646. The second kappa shape index (κ2) is 8.74. The van der Waals surface area contributed by atoms with Gasteiger partial charge in [0.2, 0.25) is 10.0 Å². The van der Waals surface area contributed by atoms with E-state index in [4.69, 9.17) is 4.74 Å². The van der Waals surface area contributed by atoms with E-state index in [1.165, 1.54) is 11.3 Å². The number of thiophene rings is 1. The highest BCUT2D eigenvalue weighted by atomic mass is 32.2. The van der Waals surface area contributed by atoms with Crippen LogP contribution in [0.25, 0.3) is 0 Å². The van der Waals surface area contributed by atoms with Gasteiger partial charge in [-0.1, -0.05) is 6.92 Å². The molecule has 1 aromatic heterocycles. The second-order valence-electron chi connectivity index (χ2n) is 4.55. The van der Waals surface area contributed by atoms with Crippen molar-refractivity contribution in [2.45, 2.75) is 38.1 Å². The number of nitrogens with one attached hydrogen (secondary N) is 2. The molecule has 0 saturated carbocycles. The number of sulfonamides is 1. The van der Waals surface area contributed by atoms with Crippen LogP contribution in [0.3, 0.4) is 0 Å². The molecule has 0 aliphatic heterocycles. The smallest absolute Gasteiger partial charge is 0.241 e. The van der Waals surface area contributed by atoms with Gasteiger partial charge < -0.3 is 10.1 Å². The Hall–Kier alpha value is -0.470. The van der Waals surface area contributed by atoms with Crippen LogP contribution in [0.1, 0.15) is 29.5 Å². The zero-order chi connectivity index (χ0) is 15.0. The molecule has 0 fully saturated rings. The van der Waals surface area contributed by atoms with Crippen molar-refractivity contribution in [1.82, 2.24) is 10.0 Å². The van der Waals surface area contributed by atoms with E-state index in [9.17, 15) is 8.42 Å². The lowest BCUT2D eigenvalue weighted by molar-refractivity contribution is 0.196. The molecule has 20 heavy (non-hydrogen) atoms. The minimum Gasteiger partial charge on any atom is -0.385 e. The highest BCUT2D eigenvalue weighted by Crippen LogP contribution is 2.25. The van der Waals surface area contributed by atoms with E-state index in [0.29, 0.717) is 24.5 Å². The van der Waals surface area contributed by atoms with Crippen LogP contribution >= 0.6 is 11.3 Å². The van der Waals surface area contributed by atoms with Gasteiger partial charge >= 0.3 is 0 Å². The summed E-state index contributed by atoms with van der Waals surface area (Å²) >= 11 is 1.53. The summed E-state index contributed by atoms with van der Waals surface area (Å²) in [5.41, 5.74) is 0. The zero-order valence-corrected chi connectivity index (χ0v) is 14.0. The van der Waals surface area contributed by atoms with Gasteiger partial charge in [0.15, 0.2) is 0 Å². The molecule has 116 valence electrons. The Morgan fingerprint density at radius 2 is 2.10 bits per heavy atom. The molecule has 0 radical (unpaired) electrons. The number of ether oxygens (including phenoxy) is 1. The van der Waals surface area contributed by atoms with Crippen molar-refractivity contribution in [3.63, 3.8) is 0 Å². The molecular formula is C13H24N2O3S2. The van der Waals surface area contributed by atoms with Crippen LogP contribution in [0.2, 0.25) is 0 Å². The summed E-state index contributed by atoms with van der Waals surface area (Å²) in [5.74, 6) is 0. The summed E-state index contributed by atoms with van der Waals surface area (Å²) < 4.78 is 31.9. The first-order valence-electron chi connectivity index (χ1n) is 6.80. The lowest BCUT2D eigenvalue weighted by Crippen LogP contribution is -2.25. The Balaban J connectivity index is 2.64. The molecule has 0 spiro atoms. The van der Waals surface area contributed by atoms with Gasteiger partial charge in [-0.15, -0.1) is 11.3 Å². The van der Waals surface area contributed by atoms with Gasteiger partial charge in [-0.05, 0) is 32.4 Å². The molecule has 1 rings (SSSR count). The third kappa shape index (κ3) is 5.49. The number of hydrogen-bond acceptors (Lipinski definition) is 5. The van der Waals surface area contributed by atoms with Gasteiger partial charge in [-0.2, -0.15) is 0 Å². The summed E-state index contributed by atoms with van der Waals surface area (Å²) in [4.78, 5) is 2.28. The SMILES string of the molecule is CCCNCc1cc(S(=O)(=O)NCCCOC)c(C)s1. The third-order valence-corrected chi connectivity index (χ3v) is 5.52. The fraction of sp³-hybridized carbons (Fsp3) is 0.692. The van der Waals surface area contributed by atoms with Crippen LogP contribution in [0.15, 0.2) is 11.0 Å². The van der Waals surface area contributed by atoms with E-state index in [0.717, 1.165) is 29.3 Å². The van der Waals surface area contributed by atoms with Gasteiger partial charge in [0.1, 0.15) is 0 Å². The highest BCUT2D eigenvalue weighted by molar-refractivity contribution is 7.89. The summed E-state index contributed by atoms with van der Waals surface area (Å²) in [6, 6.07) is 1.77. The minimum absolute atomic E-state index is 0.396. The molecule has 0 atom stereocenters. The second-order valence-corrected chi connectivity index (χ2v) is 7.63. The van der Waals surface area contributed by atoms with Crippen molar-refractivity contribution >= 4 is 21.4 Å². The minimum atomic E-state index is -3.40. The van der Waals surface area contributed by atoms with Gasteiger partial charge in [0, 0.05) is 36.6 Å². The average Bonchev–Trinajstić information content (AvgIpc) is 2.77. The molecule has 2 N–H and O–H groups in total. The molecule has 1 heterocycles. The van der Waals surface area contributed by atoms with E-state index < -0.39 is 10.0 Å². The summed E-state index contributed by atoms with van der Waals surface area (Å²) in [6.45, 7) is 6.56. The van der Waals surface area contributed by atoms with Gasteiger partial charge in [-0.25, -0.2) is 13.1 Å². The summed E-state index contributed by atoms with van der Waals surface area (Å²) in [7, 11) is -1.80. The van der Waals surface area contributed by atoms with Gasteiger partial charge in [0.25, 0.3) is 0 Å². The molecule has 0 unspecified atom stereocenters. The van der Waals surface area contributed by atoms with Gasteiger partial charge in [0.05, 0.1) is 4.90 Å². The van der Waals surface area contributed by atoms with Crippen LogP contribution < -0.4 is 10.0 Å². The fourth-order valence-electron chi connectivity index (χ4n) is 1.77. The molecule has 0 bridgehead atoms. The topological polar surface area (TPSA) is 67.4 Å². The van der Waals surface area contributed by atoms with Crippen LogP contribution in [0.5, 0.6) is 0 Å². The van der Waals surface area contributed by atoms with Crippen molar-refractivity contribution in [3.05, 3.63) is 15.8 Å². The van der Waals surface area contributed by atoms with E-state index in [-0.39, 0.29) is 0 Å². The van der Waals surface area contributed by atoms with E-state index in [2.05, 4.69) is 17.0 Å². The maximum atomic E-state index is 12.2. The molecular weight excluding hydrogens is 296 g/mol. The molecule has 1 aromatic rings. The molecule has 0 saturated heterocycles. The summed E-state index contributed by atoms with van der Waals surface area (Å²) in [6.07, 6.45) is 1.74. The third-order valence-electron chi connectivity index (χ3n) is 2.76. The zero-order valence-electron chi connectivity index (χ0n) is 12.4. The molecule has 0 aromatic carbocycles. The molecule has 5 nitrogen and oxygen atoms in total. The highest BCUT2D eigenvalue weighted by Gasteiger charge is 2.19. The molecule has 7 heteroatoms. The molecule has 0 amide bonds. The van der Waals surface area contributed by atoms with Crippen LogP contribution in [-0.2, 0) is 21.3 Å². The van der Waals surface area contributed by atoms with Crippen molar-refractivity contribution < 1.29 is 13.2 Å². The average molecular weight is 320 g/mol. The van der Waals surface area contributed by atoms with E-state index >= 15 is 0 Å². The normalized spacial score (nSPS) is 11.9. The standard InChI is InChI=1S/C13H24N2O3S2/c1-4-6-14-10-12-9-13(11(2)19-12)20(16,17)15-7-5-8-18-3/h9,14-15H,4-8,10H2,1-3H3. The van der Waals surface area contributed by atoms with E-state index in [1.807, 2.05) is 6.92 Å². The predicted molar refractivity (Wildman–Crippen MR) is 82.7 cm³/mol. The van der Waals surface area contributed by atoms with Crippen LogP contribution in [-0.4, -0.2) is 35.2 Å². The van der Waals surface area contributed by atoms with Crippen molar-refractivity contribution in [1.29, 1.82) is 0 Å². The predicted octanol–water partition coefficient (Wildman–Crippen LogP) is 1.87. The van der Waals surface area contributed by atoms with Crippen LogP contribution in [0.4, 0.5) is 0 Å². The van der Waals surface area contributed by atoms with Crippen molar-refractivity contribution in [3.8, 4) is 0 Å². The van der Waals surface area contributed by atoms with E-state index in [1.54, 1.807) is 13.2 Å². The number of methoxy groups -OCH3 is 1. The van der Waals surface area contributed by atoms with Crippen molar-refractivity contribution in [2.24, 2.45) is 0 Å². The summed E-state index contributed by atoms with van der Waals surface area (Å²) in [5, 5.41) is 3.28. The first-order chi connectivity index (χ1) is 9.51. The van der Waals surface area contributed by atoms with Crippen molar-refractivity contribution in [2.75, 3.05) is 26.8 Å². The Morgan fingerprint density at radius 3 is 2.75 bits per heavy atom. The lowest BCUT2D eigenvalue weighted by atomic mass is 10.4. The van der Waals surface area contributed by atoms with Crippen LogP contribution in [0, 0.1) is 6.92 Å². The lowest BCUT2D eigenvalue weighted by Gasteiger charge is -2.05. The molecule has 0 aliphatic rings. The fourth-order valence-corrected chi connectivity index (χ4v) is 4.44. The largest absolute Gasteiger partial charge is 0.385 e. The van der Waals surface area contributed by atoms with Gasteiger partial charge in [-0.3, -0.25) is 0 Å². The number of rotatable bonds is 10. The number of hydrogen-bond donors (Lipinski definition) is 2. The Kier molecular flexibility index (Phi) is 7.68. The maximum absolute atomic E-state index is 12.2. The Bertz CT molecular complexity index is 498. The first-order valence-corrected chi connectivity index (χ1v) is 9.10. The monoisotopic (exact) mass is 320 g/mol. The number of aryl methyl sites for hydroxylation is 1. The first kappa shape index (κ1) is 17.6. The Morgan fingerprint density at radius 1 is 1.35 bits per heavy atom. The molecule has 0 aliphatic carbocycles. The maximum Gasteiger partial charge on any atom is 0.241 e.